The van der Waals surface area contributed by atoms with Crippen molar-refractivity contribution in [1.82, 2.24) is 25.0 Å². The summed E-state index contributed by atoms with van der Waals surface area (Å²) < 4.78 is 38.6. The molecule has 3 aromatic rings. The van der Waals surface area contributed by atoms with Gasteiger partial charge in [-0.05, 0) is 6.07 Å². The highest BCUT2D eigenvalue weighted by molar-refractivity contribution is 6.08. The number of halogens is 3. The number of hydrogen-bond donors (Lipinski definition) is 1. The van der Waals surface area contributed by atoms with Gasteiger partial charge in [0.25, 0.3) is 5.82 Å². The minimum atomic E-state index is -4.75. The second-order valence-electron chi connectivity index (χ2n) is 4.70. The Morgan fingerprint density at radius 1 is 1.12 bits per heavy atom. The maximum Gasteiger partial charge on any atom is 0.453 e. The average molecular weight is 334 g/mol. The molecule has 10 heteroatoms. The van der Waals surface area contributed by atoms with Crippen LogP contribution in [0, 0.1) is 0 Å². The Hall–Kier alpha value is -3.30. The van der Waals surface area contributed by atoms with E-state index in [9.17, 15) is 18.0 Å². The van der Waals surface area contributed by atoms with Crippen molar-refractivity contribution in [2.24, 2.45) is 0 Å². The standard InChI is InChI=1S/C14H9F3N6O/c15-14(16,17)12-20-13(18)23(22-12)10-6-9(7-19-21-10)11(24)8-4-2-1-3-5-8/h1-7H,(H2,18,20,22). The first-order valence-electron chi connectivity index (χ1n) is 6.59. The number of ketones is 1. The van der Waals surface area contributed by atoms with Gasteiger partial charge < -0.3 is 5.73 Å². The maximum atomic E-state index is 12.6. The largest absolute Gasteiger partial charge is 0.453 e. The molecule has 0 atom stereocenters. The van der Waals surface area contributed by atoms with Gasteiger partial charge in [0.1, 0.15) is 0 Å². The van der Waals surface area contributed by atoms with E-state index in [4.69, 9.17) is 5.73 Å². The van der Waals surface area contributed by atoms with E-state index in [1.807, 2.05) is 0 Å². The number of aromatic nitrogens is 5. The molecular formula is C14H9F3N6O. The molecule has 7 nitrogen and oxygen atoms in total. The molecule has 122 valence electrons. The van der Waals surface area contributed by atoms with Crippen LogP contribution in [-0.4, -0.2) is 30.7 Å². The number of benzene rings is 1. The smallest absolute Gasteiger partial charge is 0.368 e. The van der Waals surface area contributed by atoms with Gasteiger partial charge in [-0.15, -0.1) is 10.2 Å². The summed E-state index contributed by atoms with van der Waals surface area (Å²) in [7, 11) is 0. The van der Waals surface area contributed by atoms with Gasteiger partial charge in [-0.3, -0.25) is 4.79 Å². The predicted molar refractivity (Wildman–Crippen MR) is 76.2 cm³/mol. The van der Waals surface area contributed by atoms with E-state index in [2.05, 4.69) is 20.3 Å². The molecule has 0 unspecified atom stereocenters. The molecule has 0 saturated carbocycles. The Labute approximate surface area is 133 Å². The number of anilines is 1. The molecule has 0 fully saturated rings. The Morgan fingerprint density at radius 3 is 2.46 bits per heavy atom. The summed E-state index contributed by atoms with van der Waals surface area (Å²) in [5, 5.41) is 10.5. The number of nitrogen functional groups attached to an aromatic ring is 1. The Kier molecular flexibility index (Phi) is 3.72. The SMILES string of the molecule is Nc1nc(C(F)(F)F)nn1-c1cc(C(=O)c2ccccc2)cnn1. The molecule has 2 heterocycles. The van der Waals surface area contributed by atoms with Crippen molar-refractivity contribution in [3.8, 4) is 5.82 Å². The number of nitrogens with zero attached hydrogens (tertiary/aromatic N) is 5. The van der Waals surface area contributed by atoms with Gasteiger partial charge in [0.05, 0.1) is 6.20 Å². The topological polar surface area (TPSA) is 99.6 Å². The fourth-order valence-electron chi connectivity index (χ4n) is 1.95. The molecule has 0 saturated heterocycles. The van der Waals surface area contributed by atoms with Crippen LogP contribution in [0.2, 0.25) is 0 Å². The molecule has 0 spiro atoms. The third-order valence-corrected chi connectivity index (χ3v) is 3.04. The van der Waals surface area contributed by atoms with Crippen LogP contribution in [0.5, 0.6) is 0 Å². The minimum absolute atomic E-state index is 0.134. The van der Waals surface area contributed by atoms with Crippen LogP contribution in [0.4, 0.5) is 19.1 Å². The quantitative estimate of drug-likeness (QED) is 0.734. The molecule has 0 aliphatic heterocycles. The van der Waals surface area contributed by atoms with E-state index >= 15 is 0 Å². The zero-order valence-corrected chi connectivity index (χ0v) is 11.9. The van der Waals surface area contributed by atoms with Crippen molar-refractivity contribution >= 4 is 11.7 Å². The van der Waals surface area contributed by atoms with Crippen molar-refractivity contribution in [1.29, 1.82) is 0 Å². The molecule has 0 bridgehead atoms. The number of hydrogen-bond acceptors (Lipinski definition) is 6. The molecule has 3 rings (SSSR count). The molecule has 2 N–H and O–H groups in total. The van der Waals surface area contributed by atoms with Gasteiger partial charge in [0, 0.05) is 11.1 Å². The zero-order valence-electron chi connectivity index (χ0n) is 11.9. The Balaban J connectivity index is 2.00. The van der Waals surface area contributed by atoms with E-state index in [1.54, 1.807) is 30.3 Å². The maximum absolute atomic E-state index is 12.6. The van der Waals surface area contributed by atoms with Gasteiger partial charge in [0.15, 0.2) is 11.6 Å². The number of nitrogens with two attached hydrogens (primary N) is 1. The van der Waals surface area contributed by atoms with E-state index in [0.717, 1.165) is 0 Å². The lowest BCUT2D eigenvalue weighted by Crippen LogP contribution is -2.10. The highest BCUT2D eigenvalue weighted by Gasteiger charge is 2.37. The van der Waals surface area contributed by atoms with Crippen LogP contribution in [0.15, 0.2) is 42.6 Å². The zero-order chi connectivity index (χ0) is 17.3. The van der Waals surface area contributed by atoms with Crippen LogP contribution in [0.1, 0.15) is 21.7 Å². The minimum Gasteiger partial charge on any atom is -0.368 e. The van der Waals surface area contributed by atoms with Gasteiger partial charge in [-0.1, -0.05) is 30.3 Å². The summed E-state index contributed by atoms with van der Waals surface area (Å²) in [5.74, 6) is -2.42. The molecule has 0 amide bonds. The summed E-state index contributed by atoms with van der Waals surface area (Å²) >= 11 is 0. The fraction of sp³-hybridized carbons (Fsp3) is 0.0714. The van der Waals surface area contributed by atoms with Crippen LogP contribution < -0.4 is 5.73 Å². The summed E-state index contributed by atoms with van der Waals surface area (Å²) in [6.07, 6.45) is -3.54. The molecule has 2 aromatic heterocycles. The van der Waals surface area contributed by atoms with Gasteiger partial charge in [0.2, 0.25) is 5.95 Å². The van der Waals surface area contributed by atoms with Crippen LogP contribution >= 0.6 is 0 Å². The molecule has 0 aliphatic rings. The number of carbonyl (C=O) groups is 1. The molecule has 0 radical (unpaired) electrons. The monoisotopic (exact) mass is 334 g/mol. The highest BCUT2D eigenvalue weighted by Crippen LogP contribution is 2.27. The van der Waals surface area contributed by atoms with E-state index in [-0.39, 0.29) is 17.2 Å². The van der Waals surface area contributed by atoms with E-state index in [0.29, 0.717) is 10.2 Å². The number of carbonyl (C=O) groups excluding carboxylic acids is 1. The van der Waals surface area contributed by atoms with Crippen molar-refractivity contribution in [2.45, 2.75) is 6.18 Å². The first-order chi connectivity index (χ1) is 11.4. The Morgan fingerprint density at radius 2 is 1.83 bits per heavy atom. The predicted octanol–water partition coefficient (Wildman–Crippen LogP) is 1.89. The van der Waals surface area contributed by atoms with Gasteiger partial charge in [-0.25, -0.2) is 0 Å². The lowest BCUT2D eigenvalue weighted by Gasteiger charge is -2.04. The van der Waals surface area contributed by atoms with Crippen LogP contribution in [-0.2, 0) is 6.18 Å². The summed E-state index contributed by atoms with van der Waals surface area (Å²) in [4.78, 5) is 15.5. The third kappa shape index (κ3) is 2.93. The number of rotatable bonds is 3. The fourth-order valence-corrected chi connectivity index (χ4v) is 1.95. The highest BCUT2D eigenvalue weighted by atomic mass is 19.4. The lowest BCUT2D eigenvalue weighted by molar-refractivity contribution is -0.144. The molecule has 1 aromatic carbocycles. The average Bonchev–Trinajstić information content (AvgIpc) is 2.97. The van der Waals surface area contributed by atoms with Gasteiger partial charge >= 0.3 is 6.18 Å². The molecule has 24 heavy (non-hydrogen) atoms. The van der Waals surface area contributed by atoms with Crippen LogP contribution in [0.25, 0.3) is 5.82 Å². The van der Waals surface area contributed by atoms with Crippen molar-refractivity contribution in [3.63, 3.8) is 0 Å². The molecular weight excluding hydrogens is 325 g/mol. The van der Waals surface area contributed by atoms with Crippen LogP contribution in [0.3, 0.4) is 0 Å². The second kappa shape index (κ2) is 5.72. The van der Waals surface area contributed by atoms with Crippen molar-refractivity contribution < 1.29 is 18.0 Å². The number of alkyl halides is 3. The summed E-state index contributed by atoms with van der Waals surface area (Å²) in [5.41, 5.74) is 5.98. The molecule has 0 aliphatic carbocycles. The normalized spacial score (nSPS) is 11.5. The first kappa shape index (κ1) is 15.6. The van der Waals surface area contributed by atoms with E-state index < -0.39 is 17.9 Å². The Bertz CT molecular complexity index is 891. The third-order valence-electron chi connectivity index (χ3n) is 3.04. The first-order valence-corrected chi connectivity index (χ1v) is 6.59. The van der Waals surface area contributed by atoms with Crippen molar-refractivity contribution in [2.75, 3.05) is 5.73 Å². The van der Waals surface area contributed by atoms with Crippen molar-refractivity contribution in [3.05, 3.63) is 59.5 Å². The van der Waals surface area contributed by atoms with E-state index in [1.165, 1.54) is 12.3 Å². The summed E-state index contributed by atoms with van der Waals surface area (Å²) in [6, 6.07) is 9.58. The van der Waals surface area contributed by atoms with Gasteiger partial charge in [-0.2, -0.15) is 27.9 Å². The second-order valence-corrected chi connectivity index (χ2v) is 4.70. The summed E-state index contributed by atoms with van der Waals surface area (Å²) in [6.45, 7) is 0. The lowest BCUT2D eigenvalue weighted by atomic mass is 10.1.